The lowest BCUT2D eigenvalue weighted by Gasteiger charge is -2.22. The Balaban J connectivity index is 1.69. The van der Waals surface area contributed by atoms with Gasteiger partial charge in [0.2, 0.25) is 5.91 Å². The molecular formula is C23H24Cl2N6O4S. The molecule has 36 heavy (non-hydrogen) atoms. The van der Waals surface area contributed by atoms with Crippen LogP contribution in [0.4, 0.5) is 11.4 Å². The Morgan fingerprint density at radius 1 is 1.14 bits per heavy atom. The van der Waals surface area contributed by atoms with E-state index in [0.717, 1.165) is 11.8 Å². The number of non-ortho nitro benzene ring substituents is 1. The fourth-order valence-corrected chi connectivity index (χ4v) is 4.30. The monoisotopic (exact) mass is 550 g/mol. The molecule has 0 unspecified atom stereocenters. The van der Waals surface area contributed by atoms with Crippen LogP contribution in [0.25, 0.3) is 0 Å². The molecule has 0 fully saturated rings. The van der Waals surface area contributed by atoms with Crippen LogP contribution in [0, 0.1) is 23.0 Å². The third-order valence-electron chi connectivity index (χ3n) is 5.32. The number of hydrogen-bond donors (Lipinski definition) is 2. The topological polar surface area (TPSA) is 132 Å². The van der Waals surface area contributed by atoms with Crippen molar-refractivity contribution in [2.45, 2.75) is 32.0 Å². The van der Waals surface area contributed by atoms with Gasteiger partial charge in [0.1, 0.15) is 0 Å². The summed E-state index contributed by atoms with van der Waals surface area (Å²) in [6.45, 7) is 5.63. The standard InChI is InChI=1S/C23H24Cl2N6O4S/c1-12(2)20(27-22(33)14-6-8-16(24)17(25)9-14)21-28-29-23(30(21)4)36-11-19(32)26-18-10-15(31(34)35)7-5-13(18)3/h5-10,12,20H,11H2,1-4H3,(H,26,32)(H,27,33)/t20-/m0/s1. The number of halogens is 2. The molecule has 1 heterocycles. The summed E-state index contributed by atoms with van der Waals surface area (Å²) in [4.78, 5) is 35.8. The molecular weight excluding hydrogens is 527 g/mol. The van der Waals surface area contributed by atoms with Crippen LogP contribution in [0.2, 0.25) is 10.0 Å². The highest BCUT2D eigenvalue weighted by Crippen LogP contribution is 2.27. The highest BCUT2D eigenvalue weighted by atomic mass is 35.5. The molecule has 1 atom stereocenters. The lowest BCUT2D eigenvalue weighted by molar-refractivity contribution is -0.384. The van der Waals surface area contributed by atoms with Gasteiger partial charge in [-0.15, -0.1) is 10.2 Å². The van der Waals surface area contributed by atoms with Crippen LogP contribution >= 0.6 is 35.0 Å². The van der Waals surface area contributed by atoms with E-state index in [9.17, 15) is 19.7 Å². The first kappa shape index (κ1) is 27.4. The van der Waals surface area contributed by atoms with Gasteiger partial charge in [0.05, 0.1) is 32.5 Å². The molecule has 0 radical (unpaired) electrons. The van der Waals surface area contributed by atoms with Gasteiger partial charge in [-0.1, -0.05) is 54.9 Å². The van der Waals surface area contributed by atoms with Gasteiger partial charge in [-0.3, -0.25) is 19.7 Å². The number of carbonyl (C=O) groups is 2. The van der Waals surface area contributed by atoms with Crippen LogP contribution in [-0.2, 0) is 11.8 Å². The molecule has 0 aliphatic heterocycles. The van der Waals surface area contributed by atoms with Crippen molar-refractivity contribution in [3.8, 4) is 0 Å². The minimum absolute atomic E-state index is 0.0100. The van der Waals surface area contributed by atoms with Crippen LogP contribution in [0.1, 0.15) is 41.6 Å². The summed E-state index contributed by atoms with van der Waals surface area (Å²) in [7, 11) is 1.75. The average Bonchev–Trinajstić information content (AvgIpc) is 3.18. The summed E-state index contributed by atoms with van der Waals surface area (Å²) in [5.41, 5.74) is 1.33. The number of nitro groups is 1. The van der Waals surface area contributed by atoms with Gasteiger partial charge in [-0.05, 0) is 36.6 Å². The predicted octanol–water partition coefficient (Wildman–Crippen LogP) is 5.20. The molecule has 2 amide bonds. The molecule has 0 spiro atoms. The van der Waals surface area contributed by atoms with Crippen LogP contribution in [0.15, 0.2) is 41.6 Å². The second-order valence-electron chi connectivity index (χ2n) is 8.32. The summed E-state index contributed by atoms with van der Waals surface area (Å²) in [6.07, 6.45) is 0. The number of thioether (sulfide) groups is 1. The van der Waals surface area contributed by atoms with Crippen LogP contribution < -0.4 is 10.6 Å². The van der Waals surface area contributed by atoms with Crippen molar-refractivity contribution in [1.82, 2.24) is 20.1 Å². The first-order valence-corrected chi connectivity index (χ1v) is 12.5. The number of hydrogen-bond acceptors (Lipinski definition) is 7. The van der Waals surface area contributed by atoms with Crippen molar-refractivity contribution >= 4 is 58.2 Å². The lowest BCUT2D eigenvalue weighted by Crippen LogP contribution is -2.33. The Hall–Kier alpha value is -3.15. The highest BCUT2D eigenvalue weighted by Gasteiger charge is 2.26. The zero-order chi connectivity index (χ0) is 26.6. The van der Waals surface area contributed by atoms with Crippen molar-refractivity contribution in [2.24, 2.45) is 13.0 Å². The van der Waals surface area contributed by atoms with Crippen molar-refractivity contribution in [3.63, 3.8) is 0 Å². The number of nitrogens with zero attached hydrogens (tertiary/aromatic N) is 4. The molecule has 0 aliphatic rings. The molecule has 1 aromatic heterocycles. The van der Waals surface area contributed by atoms with Crippen molar-refractivity contribution in [2.75, 3.05) is 11.1 Å². The normalized spacial score (nSPS) is 11.9. The van der Waals surface area contributed by atoms with Gasteiger partial charge >= 0.3 is 0 Å². The Morgan fingerprint density at radius 2 is 1.86 bits per heavy atom. The molecule has 0 saturated carbocycles. The maximum Gasteiger partial charge on any atom is 0.271 e. The number of rotatable bonds is 9. The molecule has 190 valence electrons. The van der Waals surface area contributed by atoms with E-state index < -0.39 is 11.0 Å². The number of anilines is 1. The minimum Gasteiger partial charge on any atom is -0.342 e. The SMILES string of the molecule is Cc1ccc([N+](=O)[O-])cc1NC(=O)CSc1nnc([C@@H](NC(=O)c2ccc(Cl)c(Cl)c2)C(C)C)n1C. The molecule has 2 N–H and O–H groups in total. The van der Waals surface area contributed by atoms with Gasteiger partial charge in [0.15, 0.2) is 11.0 Å². The van der Waals surface area contributed by atoms with Gasteiger partial charge in [0.25, 0.3) is 11.6 Å². The van der Waals surface area contributed by atoms with E-state index in [1.54, 1.807) is 36.7 Å². The van der Waals surface area contributed by atoms with Crippen LogP contribution in [0.5, 0.6) is 0 Å². The lowest BCUT2D eigenvalue weighted by atomic mass is 10.0. The Labute approximate surface area is 221 Å². The fraction of sp³-hybridized carbons (Fsp3) is 0.304. The summed E-state index contributed by atoms with van der Waals surface area (Å²) < 4.78 is 1.72. The highest BCUT2D eigenvalue weighted by molar-refractivity contribution is 7.99. The smallest absolute Gasteiger partial charge is 0.271 e. The Kier molecular flexibility index (Phi) is 8.93. The Morgan fingerprint density at radius 3 is 2.50 bits per heavy atom. The van der Waals surface area contributed by atoms with E-state index in [-0.39, 0.29) is 34.2 Å². The molecule has 0 aliphatic carbocycles. The van der Waals surface area contributed by atoms with E-state index >= 15 is 0 Å². The number of nitro benzene ring substituents is 1. The summed E-state index contributed by atoms with van der Waals surface area (Å²) >= 11 is 13.1. The number of aryl methyl sites for hydroxylation is 1. The van der Waals surface area contributed by atoms with Crippen LogP contribution in [-0.4, -0.2) is 37.3 Å². The van der Waals surface area contributed by atoms with Crippen LogP contribution in [0.3, 0.4) is 0 Å². The number of benzene rings is 2. The third kappa shape index (κ3) is 6.54. The first-order valence-electron chi connectivity index (χ1n) is 10.8. The number of aromatic nitrogens is 3. The number of nitrogens with one attached hydrogen (secondary N) is 2. The average molecular weight is 551 g/mol. The van der Waals surface area contributed by atoms with E-state index in [1.165, 1.54) is 18.2 Å². The first-order chi connectivity index (χ1) is 17.0. The van der Waals surface area contributed by atoms with Crippen molar-refractivity contribution < 1.29 is 14.5 Å². The summed E-state index contributed by atoms with van der Waals surface area (Å²) in [5.74, 6) is -0.165. The fourth-order valence-electron chi connectivity index (χ4n) is 3.29. The molecule has 2 aromatic carbocycles. The minimum atomic E-state index is -0.517. The molecule has 3 rings (SSSR count). The van der Waals surface area contributed by atoms with Gasteiger partial charge in [-0.25, -0.2) is 0 Å². The van der Waals surface area contributed by atoms with Gasteiger partial charge < -0.3 is 15.2 Å². The summed E-state index contributed by atoms with van der Waals surface area (Å²) in [6, 6.07) is 8.46. The molecule has 0 saturated heterocycles. The van der Waals surface area contributed by atoms with E-state index in [4.69, 9.17) is 23.2 Å². The van der Waals surface area contributed by atoms with Crippen molar-refractivity contribution in [3.05, 3.63) is 73.5 Å². The maximum absolute atomic E-state index is 12.8. The third-order valence-corrected chi connectivity index (χ3v) is 7.08. The maximum atomic E-state index is 12.8. The summed E-state index contributed by atoms with van der Waals surface area (Å²) in [5, 5.41) is 26.2. The molecule has 0 bridgehead atoms. The number of amides is 2. The van der Waals surface area contributed by atoms with E-state index in [0.29, 0.717) is 32.8 Å². The zero-order valence-corrected chi connectivity index (χ0v) is 22.2. The number of carbonyl (C=O) groups excluding carboxylic acids is 2. The Bertz CT molecular complexity index is 1310. The van der Waals surface area contributed by atoms with E-state index in [2.05, 4.69) is 20.8 Å². The van der Waals surface area contributed by atoms with Crippen molar-refractivity contribution in [1.29, 1.82) is 0 Å². The van der Waals surface area contributed by atoms with Gasteiger partial charge in [0, 0.05) is 24.7 Å². The zero-order valence-electron chi connectivity index (χ0n) is 19.9. The second-order valence-corrected chi connectivity index (χ2v) is 10.1. The molecule has 3 aromatic rings. The van der Waals surface area contributed by atoms with E-state index in [1.807, 2.05) is 13.8 Å². The molecule has 13 heteroatoms. The second kappa shape index (κ2) is 11.7. The predicted molar refractivity (Wildman–Crippen MR) is 140 cm³/mol. The largest absolute Gasteiger partial charge is 0.342 e. The molecule has 10 nitrogen and oxygen atoms in total. The van der Waals surface area contributed by atoms with Gasteiger partial charge in [-0.2, -0.15) is 0 Å². The quantitative estimate of drug-likeness (QED) is 0.212.